The molecule has 2 aromatic rings. The van der Waals surface area contributed by atoms with Crippen molar-refractivity contribution in [3.63, 3.8) is 0 Å². The number of halogens is 2. The Hall–Kier alpha value is -1.90. The number of hydrogen-bond acceptors (Lipinski definition) is 1. The van der Waals surface area contributed by atoms with E-state index < -0.39 is 11.6 Å². The van der Waals surface area contributed by atoms with Crippen molar-refractivity contribution >= 4 is 5.69 Å². The summed E-state index contributed by atoms with van der Waals surface area (Å²) >= 11 is 0. The van der Waals surface area contributed by atoms with Gasteiger partial charge >= 0.3 is 0 Å². The van der Waals surface area contributed by atoms with Gasteiger partial charge in [-0.25, -0.2) is 8.78 Å². The first kappa shape index (κ1) is 9.65. The van der Waals surface area contributed by atoms with Gasteiger partial charge in [-0.15, -0.1) is 0 Å². The molecule has 3 heteroatoms. The molecule has 0 aromatic heterocycles. The zero-order valence-corrected chi connectivity index (χ0v) is 7.87. The lowest BCUT2D eigenvalue weighted by atomic mass is 10.0. The molecule has 1 nitrogen and oxygen atoms in total. The van der Waals surface area contributed by atoms with E-state index in [4.69, 9.17) is 5.73 Å². The van der Waals surface area contributed by atoms with E-state index in [0.717, 1.165) is 0 Å². The Morgan fingerprint density at radius 3 is 2.20 bits per heavy atom. The summed E-state index contributed by atoms with van der Waals surface area (Å²) < 4.78 is 27.0. The van der Waals surface area contributed by atoms with Crippen molar-refractivity contribution in [3.8, 4) is 11.1 Å². The van der Waals surface area contributed by atoms with Crippen molar-refractivity contribution in [1.29, 1.82) is 0 Å². The van der Waals surface area contributed by atoms with Crippen molar-refractivity contribution in [3.05, 3.63) is 54.1 Å². The van der Waals surface area contributed by atoms with Gasteiger partial charge in [0.05, 0.1) is 5.69 Å². The summed E-state index contributed by atoms with van der Waals surface area (Å²) in [6, 6.07) is 10.6. The zero-order chi connectivity index (χ0) is 10.8. The molecule has 0 heterocycles. The topological polar surface area (TPSA) is 26.0 Å². The largest absolute Gasteiger partial charge is 0.396 e. The van der Waals surface area contributed by atoms with Crippen LogP contribution < -0.4 is 5.73 Å². The van der Waals surface area contributed by atoms with E-state index in [0.29, 0.717) is 0 Å². The van der Waals surface area contributed by atoms with E-state index in [1.807, 2.05) is 0 Å². The van der Waals surface area contributed by atoms with Crippen LogP contribution in [0.5, 0.6) is 0 Å². The second-order valence-corrected chi connectivity index (χ2v) is 3.19. The molecular formula is C12H9F2N. The minimum Gasteiger partial charge on any atom is -0.396 e. The Labute approximate surface area is 86.2 Å². The summed E-state index contributed by atoms with van der Waals surface area (Å²) in [4.78, 5) is 0. The normalized spacial score (nSPS) is 10.3. The first-order chi connectivity index (χ1) is 7.20. The molecule has 76 valence electrons. The van der Waals surface area contributed by atoms with Gasteiger partial charge in [-0.1, -0.05) is 30.3 Å². The van der Waals surface area contributed by atoms with Crippen LogP contribution in [0.1, 0.15) is 0 Å². The van der Waals surface area contributed by atoms with Crippen molar-refractivity contribution in [1.82, 2.24) is 0 Å². The number of benzene rings is 2. The van der Waals surface area contributed by atoms with E-state index >= 15 is 0 Å². The summed E-state index contributed by atoms with van der Waals surface area (Å²) in [5.41, 5.74) is 5.85. The number of nitrogen functional groups attached to an aromatic ring is 1. The van der Waals surface area contributed by atoms with Gasteiger partial charge in [-0.2, -0.15) is 0 Å². The maximum Gasteiger partial charge on any atom is 0.153 e. The number of anilines is 1. The van der Waals surface area contributed by atoms with Crippen LogP contribution in [0.15, 0.2) is 42.5 Å². The molecule has 0 spiro atoms. The highest BCUT2D eigenvalue weighted by atomic mass is 19.1. The third kappa shape index (κ3) is 1.68. The fourth-order valence-electron chi connectivity index (χ4n) is 1.44. The van der Waals surface area contributed by atoms with Crippen LogP contribution in [0.2, 0.25) is 0 Å². The highest BCUT2D eigenvalue weighted by Crippen LogP contribution is 2.27. The molecule has 0 aliphatic rings. The minimum atomic E-state index is -0.581. The first-order valence-corrected chi connectivity index (χ1v) is 4.49. The molecule has 0 bridgehead atoms. The summed E-state index contributed by atoms with van der Waals surface area (Å²) in [7, 11) is 0. The zero-order valence-electron chi connectivity index (χ0n) is 7.87. The van der Waals surface area contributed by atoms with Crippen molar-refractivity contribution in [2.45, 2.75) is 0 Å². The van der Waals surface area contributed by atoms with Gasteiger partial charge in [0.15, 0.2) is 5.82 Å². The second-order valence-electron chi connectivity index (χ2n) is 3.19. The predicted molar refractivity (Wildman–Crippen MR) is 56.2 cm³/mol. The number of hydrogen-bond donors (Lipinski definition) is 1. The summed E-state index contributed by atoms with van der Waals surface area (Å²) in [6.45, 7) is 0. The lowest BCUT2D eigenvalue weighted by Crippen LogP contribution is -1.94. The van der Waals surface area contributed by atoms with E-state index in [-0.39, 0.29) is 16.8 Å². The van der Waals surface area contributed by atoms with E-state index in [1.165, 1.54) is 24.3 Å². The monoisotopic (exact) mass is 205 g/mol. The van der Waals surface area contributed by atoms with Gasteiger partial charge in [-0.05, 0) is 12.1 Å². The Morgan fingerprint density at radius 1 is 0.800 bits per heavy atom. The quantitative estimate of drug-likeness (QED) is 0.711. The third-order valence-corrected chi connectivity index (χ3v) is 2.19. The first-order valence-electron chi connectivity index (χ1n) is 4.49. The van der Waals surface area contributed by atoms with Gasteiger partial charge < -0.3 is 5.73 Å². The van der Waals surface area contributed by atoms with Crippen LogP contribution in [0.4, 0.5) is 14.5 Å². The number of rotatable bonds is 1. The maximum atomic E-state index is 13.6. The van der Waals surface area contributed by atoms with Gasteiger partial charge in [-0.3, -0.25) is 0 Å². The van der Waals surface area contributed by atoms with Gasteiger partial charge in [0.1, 0.15) is 5.82 Å². The molecule has 0 unspecified atom stereocenters. The average Bonchev–Trinajstić information content (AvgIpc) is 2.23. The standard InChI is InChI=1S/C12H9F2N/c13-10-6-2-1-4-8(10)9-5-3-7-11(15)12(9)14/h1-7H,15H2. The molecule has 2 N–H and O–H groups in total. The van der Waals surface area contributed by atoms with E-state index in [9.17, 15) is 8.78 Å². The fraction of sp³-hybridized carbons (Fsp3) is 0. The SMILES string of the molecule is Nc1cccc(-c2ccccc2F)c1F. The van der Waals surface area contributed by atoms with Crippen LogP contribution in [-0.4, -0.2) is 0 Å². The molecule has 0 fully saturated rings. The van der Waals surface area contributed by atoms with E-state index in [2.05, 4.69) is 0 Å². The highest BCUT2D eigenvalue weighted by Gasteiger charge is 2.10. The molecule has 0 saturated heterocycles. The van der Waals surface area contributed by atoms with Gasteiger partial charge in [0, 0.05) is 11.1 Å². The summed E-state index contributed by atoms with van der Waals surface area (Å²) in [5, 5.41) is 0. The molecule has 0 atom stereocenters. The van der Waals surface area contributed by atoms with E-state index in [1.54, 1.807) is 18.2 Å². The van der Waals surface area contributed by atoms with Crippen LogP contribution in [0, 0.1) is 11.6 Å². The lowest BCUT2D eigenvalue weighted by Gasteiger charge is -2.06. The summed E-state index contributed by atoms with van der Waals surface area (Å²) in [5.74, 6) is -1.04. The Balaban J connectivity index is 2.65. The van der Waals surface area contributed by atoms with Crippen molar-refractivity contribution in [2.75, 3.05) is 5.73 Å². The Morgan fingerprint density at radius 2 is 1.47 bits per heavy atom. The molecule has 0 saturated carbocycles. The molecule has 15 heavy (non-hydrogen) atoms. The Bertz CT molecular complexity index is 495. The van der Waals surface area contributed by atoms with Crippen LogP contribution in [0.25, 0.3) is 11.1 Å². The van der Waals surface area contributed by atoms with Crippen LogP contribution in [-0.2, 0) is 0 Å². The Kier molecular flexibility index (Phi) is 2.37. The maximum absolute atomic E-state index is 13.6. The third-order valence-electron chi connectivity index (χ3n) is 2.19. The molecular weight excluding hydrogens is 196 g/mol. The van der Waals surface area contributed by atoms with Crippen LogP contribution in [0.3, 0.4) is 0 Å². The summed E-state index contributed by atoms with van der Waals surface area (Å²) in [6.07, 6.45) is 0. The van der Waals surface area contributed by atoms with Gasteiger partial charge in [0.2, 0.25) is 0 Å². The van der Waals surface area contributed by atoms with Gasteiger partial charge in [0.25, 0.3) is 0 Å². The smallest absolute Gasteiger partial charge is 0.153 e. The fourth-order valence-corrected chi connectivity index (χ4v) is 1.44. The van der Waals surface area contributed by atoms with Crippen molar-refractivity contribution in [2.24, 2.45) is 0 Å². The molecule has 0 radical (unpaired) electrons. The lowest BCUT2D eigenvalue weighted by molar-refractivity contribution is 0.618. The highest BCUT2D eigenvalue weighted by molar-refractivity contribution is 5.68. The number of nitrogens with two attached hydrogens (primary N) is 1. The molecule has 2 aromatic carbocycles. The minimum absolute atomic E-state index is 0.0238. The predicted octanol–water partition coefficient (Wildman–Crippen LogP) is 3.21. The van der Waals surface area contributed by atoms with Crippen molar-refractivity contribution < 1.29 is 8.78 Å². The average molecular weight is 205 g/mol. The second kappa shape index (κ2) is 3.69. The molecule has 2 rings (SSSR count). The molecule has 0 amide bonds. The molecule has 0 aliphatic heterocycles. The molecule has 0 aliphatic carbocycles. The van der Waals surface area contributed by atoms with Crippen LogP contribution >= 0.6 is 0 Å².